The number of hydrogen-bond donors (Lipinski definition) is 6. The topological polar surface area (TPSA) is 72.2 Å². The Hall–Kier alpha value is -8.22. The van der Waals surface area contributed by atoms with Gasteiger partial charge in [-0.25, -0.2) is 0 Å². The Labute approximate surface area is 578 Å². The van der Waals surface area contributed by atoms with Crippen molar-refractivity contribution in [3.05, 3.63) is 212 Å². The molecular weight excluding hydrogens is 1170 g/mol. The van der Waals surface area contributed by atoms with E-state index in [9.17, 15) is 0 Å². The van der Waals surface area contributed by atoms with Gasteiger partial charge >= 0.3 is 0 Å². The van der Waals surface area contributed by atoms with Crippen LogP contribution in [0.5, 0.6) is 0 Å². The van der Waals surface area contributed by atoms with Crippen molar-refractivity contribution in [1.82, 2.24) is 0 Å². The van der Waals surface area contributed by atoms with Crippen LogP contribution in [0.25, 0.3) is 32.3 Å². The third-order valence-electron chi connectivity index (χ3n) is 20.1. The van der Waals surface area contributed by atoms with E-state index in [2.05, 4.69) is 344 Å². The van der Waals surface area contributed by atoms with Crippen LogP contribution in [0.2, 0.25) is 0 Å². The third kappa shape index (κ3) is 14.3. The average Bonchev–Trinajstić information content (AvgIpc) is 0.719. The molecule has 0 radical (unpaired) electrons. The molecule has 0 aliphatic heterocycles. The van der Waals surface area contributed by atoms with Gasteiger partial charge in [-0.3, -0.25) is 0 Å². The molecule has 0 aromatic heterocycles. The molecule has 0 heterocycles. The van der Waals surface area contributed by atoms with Crippen molar-refractivity contribution in [2.24, 2.45) is 0 Å². The van der Waals surface area contributed by atoms with E-state index in [-0.39, 0.29) is 71.0 Å². The fraction of sp³-hybridized carbons (Fsp3) is 0.400. The molecule has 6 heteroatoms. The van der Waals surface area contributed by atoms with Gasteiger partial charge in [-0.1, -0.05) is 275 Å². The van der Waals surface area contributed by atoms with E-state index >= 15 is 0 Å². The van der Waals surface area contributed by atoms with Crippen molar-refractivity contribution in [2.75, 3.05) is 31.9 Å². The zero-order chi connectivity index (χ0) is 69.5. The molecule has 6 nitrogen and oxygen atoms in total. The molecule has 504 valence electrons. The van der Waals surface area contributed by atoms with Gasteiger partial charge in [-0.15, -0.1) is 0 Å². The lowest BCUT2D eigenvalue weighted by molar-refractivity contribution is 0.837. The molecule has 10 rings (SSSR count). The highest BCUT2D eigenvalue weighted by Gasteiger charge is 2.27. The maximum atomic E-state index is 4.30. The van der Waals surface area contributed by atoms with Crippen LogP contribution < -0.4 is 31.9 Å². The summed E-state index contributed by atoms with van der Waals surface area (Å²) in [5.41, 5.74) is 28.8. The van der Waals surface area contributed by atoms with Crippen molar-refractivity contribution in [3.8, 4) is 0 Å². The average molecular weight is 1280 g/mol. The molecule has 0 aliphatic rings. The molecule has 0 saturated heterocycles. The molecule has 0 unspecified atom stereocenters. The number of benzene rings is 10. The normalized spacial score (nSPS) is 12.2. The number of nitrogens with one attached hydrogen (secondary N) is 6. The first-order valence-electron chi connectivity index (χ1n) is 36.5. The number of para-hydroxylation sites is 6. The Kier molecular flexibility index (Phi) is 21.5. The Balaban J connectivity index is 1.46. The van der Waals surface area contributed by atoms with E-state index < -0.39 is 0 Å². The molecule has 0 fully saturated rings. The highest BCUT2D eigenvalue weighted by atomic mass is 15.0. The van der Waals surface area contributed by atoms with Crippen molar-refractivity contribution in [3.63, 3.8) is 0 Å². The third-order valence-corrected chi connectivity index (χ3v) is 20.1. The highest BCUT2D eigenvalue weighted by Crippen LogP contribution is 2.51. The SMILES string of the molecule is CC(C)c1cccc(C(C)C)c1Nc1cc2c3cc(Nc4c(C(C)C)cccc4C(C)C)c(Nc4c(C(C)C)cccc4C(C)C)cc3c3cc(Nc4c(C(C)C)cccc4C(C)C)c(Nc4c(C(C)C)cccc4C(C)C)cc3c2cc1Nc1c(C(C)C)cccc1C(C)C. The molecule has 0 bridgehead atoms. The van der Waals surface area contributed by atoms with E-state index in [0.29, 0.717) is 0 Å². The summed E-state index contributed by atoms with van der Waals surface area (Å²) < 4.78 is 0. The van der Waals surface area contributed by atoms with Crippen LogP contribution in [0.4, 0.5) is 68.2 Å². The van der Waals surface area contributed by atoms with Gasteiger partial charge in [0.05, 0.1) is 34.1 Å². The lowest BCUT2D eigenvalue weighted by Crippen LogP contribution is -2.09. The molecule has 0 aliphatic carbocycles. The zero-order valence-electron chi connectivity index (χ0n) is 62.8. The zero-order valence-corrected chi connectivity index (χ0v) is 62.8. The van der Waals surface area contributed by atoms with Crippen molar-refractivity contribution in [2.45, 2.75) is 237 Å². The molecule has 10 aromatic carbocycles. The van der Waals surface area contributed by atoms with Gasteiger partial charge in [-0.2, -0.15) is 0 Å². The van der Waals surface area contributed by atoms with Crippen LogP contribution in [-0.4, -0.2) is 0 Å². The second-order valence-electron chi connectivity index (χ2n) is 31.3. The minimum absolute atomic E-state index is 0.276. The number of anilines is 12. The predicted molar refractivity (Wildman–Crippen MR) is 426 cm³/mol. The number of hydrogen-bond acceptors (Lipinski definition) is 6. The second-order valence-corrected chi connectivity index (χ2v) is 31.3. The maximum absolute atomic E-state index is 4.30. The first kappa shape index (κ1) is 70.6. The molecule has 6 N–H and O–H groups in total. The van der Waals surface area contributed by atoms with Crippen LogP contribution in [0.15, 0.2) is 146 Å². The van der Waals surface area contributed by atoms with E-state index in [1.165, 1.54) is 101 Å². The lowest BCUT2D eigenvalue weighted by atomic mass is 9.89. The van der Waals surface area contributed by atoms with Crippen LogP contribution in [-0.2, 0) is 0 Å². The first-order valence-corrected chi connectivity index (χ1v) is 36.5. The fourth-order valence-corrected chi connectivity index (χ4v) is 14.7. The fourth-order valence-electron chi connectivity index (χ4n) is 14.7. The summed E-state index contributed by atoms with van der Waals surface area (Å²) in [4.78, 5) is 0. The van der Waals surface area contributed by atoms with Crippen molar-refractivity contribution >= 4 is 101 Å². The summed E-state index contributed by atoms with van der Waals surface area (Å²) >= 11 is 0. The Morgan fingerprint density at radius 3 is 0.333 bits per heavy atom. The molecule has 0 spiro atoms. The monoisotopic (exact) mass is 1280 g/mol. The summed E-state index contributed by atoms with van der Waals surface area (Å²) in [6.07, 6.45) is 0. The predicted octanol–water partition coefficient (Wildman–Crippen LogP) is 29.1. The van der Waals surface area contributed by atoms with Gasteiger partial charge in [0.15, 0.2) is 0 Å². The largest absolute Gasteiger partial charge is 0.353 e. The standard InChI is InChI=1S/C90H114N6/c1-49(2)61-31-25-32-62(50(3)4)85(61)91-79-43-73-74(44-80(79)92-86-63(51(5)6)33-26-34-64(86)52(7)8)76-46-82(94-88-67(55(13)14)37-28-38-68(88)56(15)16)84(96-90-71(59(21)22)41-30-42-72(90)60(23)24)48-78(76)77-47-83(95-89-69(57(17)18)39-29-40-70(89)58(19)20)81(45-75(73)77)93-87-65(53(9)10)35-27-36-66(87)54(11)12/h25-60,91-96H,1-24H3. The number of rotatable bonds is 24. The quantitative estimate of drug-likeness (QED) is 0.0339. The smallest absolute Gasteiger partial charge is 0.0630 e. The lowest BCUT2D eigenvalue weighted by Gasteiger charge is -2.28. The highest BCUT2D eigenvalue weighted by molar-refractivity contribution is 6.29. The van der Waals surface area contributed by atoms with Gasteiger partial charge in [0, 0.05) is 34.1 Å². The Morgan fingerprint density at radius 2 is 0.250 bits per heavy atom. The van der Waals surface area contributed by atoms with Gasteiger partial charge in [0.1, 0.15) is 0 Å². The minimum atomic E-state index is 0.276. The van der Waals surface area contributed by atoms with E-state index in [1.54, 1.807) is 0 Å². The molecule has 0 saturated carbocycles. The Morgan fingerprint density at radius 1 is 0.156 bits per heavy atom. The first-order chi connectivity index (χ1) is 45.6. The van der Waals surface area contributed by atoms with E-state index in [1.807, 2.05) is 0 Å². The molecule has 0 amide bonds. The minimum Gasteiger partial charge on any atom is -0.353 e. The molecule has 0 atom stereocenters. The number of fused-ring (bicyclic) bond motifs is 6. The van der Waals surface area contributed by atoms with Crippen LogP contribution in [0.1, 0.15) is 304 Å². The summed E-state index contributed by atoms with van der Waals surface area (Å²) in [7, 11) is 0. The van der Waals surface area contributed by atoms with E-state index in [0.717, 1.165) is 66.4 Å². The van der Waals surface area contributed by atoms with Crippen LogP contribution >= 0.6 is 0 Å². The molecule has 10 aromatic rings. The summed E-state index contributed by atoms with van der Waals surface area (Å²) in [5, 5.41) is 32.7. The molecular formula is C90H114N6. The Bertz CT molecular complexity index is 3530. The van der Waals surface area contributed by atoms with Crippen molar-refractivity contribution in [1.29, 1.82) is 0 Å². The van der Waals surface area contributed by atoms with Crippen LogP contribution in [0.3, 0.4) is 0 Å². The van der Waals surface area contributed by atoms with E-state index in [4.69, 9.17) is 0 Å². The second kappa shape index (κ2) is 29.2. The summed E-state index contributed by atoms with van der Waals surface area (Å²) in [5.74, 6) is 3.31. The summed E-state index contributed by atoms with van der Waals surface area (Å²) in [6.45, 7) is 55.8. The molecule has 96 heavy (non-hydrogen) atoms. The van der Waals surface area contributed by atoms with Gasteiger partial charge in [0.2, 0.25) is 0 Å². The maximum Gasteiger partial charge on any atom is 0.0630 e. The van der Waals surface area contributed by atoms with Crippen molar-refractivity contribution < 1.29 is 0 Å². The van der Waals surface area contributed by atoms with Gasteiger partial charge in [0.25, 0.3) is 0 Å². The van der Waals surface area contributed by atoms with Gasteiger partial charge < -0.3 is 31.9 Å². The van der Waals surface area contributed by atoms with Gasteiger partial charge in [-0.05, 0) is 206 Å². The summed E-state index contributed by atoms with van der Waals surface area (Å²) in [6, 6.07) is 56.3. The van der Waals surface area contributed by atoms with Crippen LogP contribution in [0, 0.1) is 0 Å².